The van der Waals surface area contributed by atoms with Crippen LogP contribution in [0.15, 0.2) is 0 Å². The summed E-state index contributed by atoms with van der Waals surface area (Å²) in [6.07, 6.45) is -0.103. The molecule has 14 heavy (non-hydrogen) atoms. The second kappa shape index (κ2) is 9.70. The molecule has 0 aliphatic carbocycles. The normalized spacial score (nSPS) is 8.00. The van der Waals surface area contributed by atoms with Crippen molar-refractivity contribution in [3.05, 3.63) is 0 Å². The molecular weight excluding hydrogens is 188 g/mol. The lowest BCUT2D eigenvalue weighted by Crippen LogP contribution is -2.07. The van der Waals surface area contributed by atoms with Crippen LogP contribution in [0.2, 0.25) is 0 Å². The third-order valence-corrected chi connectivity index (χ3v) is 0.986. The number of hydrogen-bond acceptors (Lipinski definition) is 5. The Hall–Kier alpha value is -1.39. The van der Waals surface area contributed by atoms with Crippen molar-refractivity contribution in [1.82, 2.24) is 0 Å². The standard InChI is InChI=1S/C6H10O3.C3H6O2/c1-3-9-6(8)4-5(2)7;1-3(4)5-2/h3-4H2,1-2H3;1-2H3. The Morgan fingerprint density at radius 2 is 1.57 bits per heavy atom. The summed E-state index contributed by atoms with van der Waals surface area (Å²) in [6.45, 7) is 4.76. The molecule has 0 fully saturated rings. The number of hydrogen-bond donors (Lipinski definition) is 0. The third kappa shape index (κ3) is 16.9. The fourth-order valence-corrected chi connectivity index (χ4v) is 0.415. The van der Waals surface area contributed by atoms with Crippen LogP contribution in [0.25, 0.3) is 0 Å². The van der Waals surface area contributed by atoms with Crippen LogP contribution in [0, 0.1) is 0 Å². The predicted molar refractivity (Wildman–Crippen MR) is 49.6 cm³/mol. The molecule has 0 amide bonds. The van der Waals surface area contributed by atoms with Gasteiger partial charge in [-0.05, 0) is 13.8 Å². The van der Waals surface area contributed by atoms with E-state index in [9.17, 15) is 14.4 Å². The molecule has 5 heteroatoms. The molecule has 0 saturated carbocycles. The van der Waals surface area contributed by atoms with Gasteiger partial charge >= 0.3 is 11.9 Å². The van der Waals surface area contributed by atoms with E-state index < -0.39 is 5.97 Å². The smallest absolute Gasteiger partial charge is 0.313 e. The number of rotatable bonds is 3. The van der Waals surface area contributed by atoms with Gasteiger partial charge in [0.15, 0.2) is 0 Å². The van der Waals surface area contributed by atoms with E-state index in [2.05, 4.69) is 9.47 Å². The Morgan fingerprint density at radius 1 is 1.14 bits per heavy atom. The Morgan fingerprint density at radius 3 is 1.79 bits per heavy atom. The highest BCUT2D eigenvalue weighted by Crippen LogP contribution is 1.86. The van der Waals surface area contributed by atoms with Gasteiger partial charge in [0.25, 0.3) is 0 Å². The second-order valence-electron chi connectivity index (χ2n) is 2.38. The predicted octanol–water partition coefficient (Wildman–Crippen LogP) is 0.708. The first-order valence-corrected chi connectivity index (χ1v) is 4.13. The number of carbonyl (C=O) groups is 3. The Bertz CT molecular complexity index is 197. The summed E-state index contributed by atoms with van der Waals surface area (Å²) in [6, 6.07) is 0. The highest BCUT2D eigenvalue weighted by Gasteiger charge is 2.03. The van der Waals surface area contributed by atoms with Crippen LogP contribution >= 0.6 is 0 Å². The number of ketones is 1. The van der Waals surface area contributed by atoms with Crippen molar-refractivity contribution in [2.45, 2.75) is 27.2 Å². The van der Waals surface area contributed by atoms with Crippen LogP contribution in [-0.4, -0.2) is 31.4 Å². The molecule has 0 N–H and O–H groups in total. The van der Waals surface area contributed by atoms with Crippen molar-refractivity contribution in [1.29, 1.82) is 0 Å². The molecule has 0 rings (SSSR count). The quantitative estimate of drug-likeness (QED) is 0.500. The molecule has 0 saturated heterocycles. The number of ether oxygens (including phenoxy) is 2. The molecule has 0 spiro atoms. The van der Waals surface area contributed by atoms with Gasteiger partial charge in [-0.15, -0.1) is 0 Å². The maximum Gasteiger partial charge on any atom is 0.313 e. The first-order valence-electron chi connectivity index (χ1n) is 4.13. The van der Waals surface area contributed by atoms with Gasteiger partial charge in [0.2, 0.25) is 0 Å². The molecule has 0 atom stereocenters. The summed E-state index contributed by atoms with van der Waals surface area (Å²) in [5.41, 5.74) is 0. The molecule has 0 unspecified atom stereocenters. The van der Waals surface area contributed by atoms with Gasteiger partial charge in [0.05, 0.1) is 13.7 Å². The fourth-order valence-electron chi connectivity index (χ4n) is 0.415. The molecule has 0 aromatic rings. The van der Waals surface area contributed by atoms with Crippen molar-refractivity contribution in [3.63, 3.8) is 0 Å². The van der Waals surface area contributed by atoms with Gasteiger partial charge in [-0.3, -0.25) is 14.4 Å². The average Bonchev–Trinajstić information content (AvgIpc) is 2.04. The number of esters is 2. The largest absolute Gasteiger partial charge is 0.469 e. The molecule has 82 valence electrons. The van der Waals surface area contributed by atoms with E-state index in [0.717, 1.165) is 0 Å². The summed E-state index contributed by atoms with van der Waals surface area (Å²) >= 11 is 0. The Labute approximate surface area is 83.4 Å². The minimum atomic E-state index is -0.440. The number of Topliss-reactive ketones (excluding diaryl/α,β-unsaturated/α-hetero) is 1. The van der Waals surface area contributed by atoms with Crippen LogP contribution in [0.5, 0.6) is 0 Å². The Balaban J connectivity index is 0. The minimum absolute atomic E-state index is 0.103. The second-order valence-corrected chi connectivity index (χ2v) is 2.38. The lowest BCUT2D eigenvalue weighted by Gasteiger charge is -1.96. The zero-order valence-corrected chi connectivity index (χ0v) is 8.96. The van der Waals surface area contributed by atoms with Crippen molar-refractivity contribution in [2.75, 3.05) is 13.7 Å². The van der Waals surface area contributed by atoms with E-state index in [1.807, 2.05) is 0 Å². The molecular formula is C9H16O5. The van der Waals surface area contributed by atoms with E-state index in [-0.39, 0.29) is 18.2 Å². The van der Waals surface area contributed by atoms with Crippen LogP contribution in [-0.2, 0) is 23.9 Å². The highest BCUT2D eigenvalue weighted by molar-refractivity contribution is 5.94. The summed E-state index contributed by atoms with van der Waals surface area (Å²) in [5, 5.41) is 0. The molecule has 0 aromatic heterocycles. The van der Waals surface area contributed by atoms with E-state index in [1.54, 1.807) is 6.92 Å². The van der Waals surface area contributed by atoms with E-state index in [0.29, 0.717) is 6.61 Å². The van der Waals surface area contributed by atoms with E-state index in [1.165, 1.54) is 21.0 Å². The first-order chi connectivity index (χ1) is 6.43. The average molecular weight is 204 g/mol. The van der Waals surface area contributed by atoms with Gasteiger partial charge in [0, 0.05) is 6.92 Å². The number of methoxy groups -OCH3 is 1. The zero-order valence-electron chi connectivity index (χ0n) is 8.96. The molecule has 0 heterocycles. The maximum atomic E-state index is 10.4. The summed E-state index contributed by atoms with van der Waals surface area (Å²) in [5.74, 6) is -0.844. The Kier molecular flexibility index (Phi) is 10.5. The van der Waals surface area contributed by atoms with Crippen molar-refractivity contribution in [3.8, 4) is 0 Å². The SMILES string of the molecule is CCOC(=O)CC(C)=O.COC(C)=O. The summed E-state index contributed by atoms with van der Waals surface area (Å²) in [7, 11) is 1.35. The van der Waals surface area contributed by atoms with Crippen LogP contribution in [0.1, 0.15) is 27.2 Å². The lowest BCUT2D eigenvalue weighted by atomic mass is 10.3. The zero-order chi connectivity index (χ0) is 11.6. The molecule has 0 aliphatic rings. The molecule has 0 aromatic carbocycles. The van der Waals surface area contributed by atoms with E-state index >= 15 is 0 Å². The molecule has 0 aliphatic heterocycles. The highest BCUT2D eigenvalue weighted by atomic mass is 16.5. The van der Waals surface area contributed by atoms with Gasteiger partial charge in [-0.25, -0.2) is 0 Å². The van der Waals surface area contributed by atoms with Gasteiger partial charge in [-0.2, -0.15) is 0 Å². The third-order valence-electron chi connectivity index (χ3n) is 0.986. The summed E-state index contributed by atoms with van der Waals surface area (Å²) in [4.78, 5) is 30.2. The van der Waals surface area contributed by atoms with Crippen molar-refractivity contribution in [2.24, 2.45) is 0 Å². The molecule has 0 radical (unpaired) electrons. The van der Waals surface area contributed by atoms with Crippen LogP contribution < -0.4 is 0 Å². The van der Waals surface area contributed by atoms with Gasteiger partial charge < -0.3 is 9.47 Å². The van der Waals surface area contributed by atoms with Gasteiger partial charge in [0.1, 0.15) is 12.2 Å². The first kappa shape index (κ1) is 15.1. The number of carbonyl (C=O) groups excluding carboxylic acids is 3. The molecule has 0 bridgehead atoms. The van der Waals surface area contributed by atoms with Crippen molar-refractivity contribution >= 4 is 17.7 Å². The minimum Gasteiger partial charge on any atom is -0.469 e. The van der Waals surface area contributed by atoms with E-state index in [4.69, 9.17) is 0 Å². The summed E-state index contributed by atoms with van der Waals surface area (Å²) < 4.78 is 8.60. The van der Waals surface area contributed by atoms with Gasteiger partial charge in [-0.1, -0.05) is 0 Å². The fraction of sp³-hybridized carbons (Fsp3) is 0.667. The topological polar surface area (TPSA) is 69.7 Å². The van der Waals surface area contributed by atoms with Crippen molar-refractivity contribution < 1.29 is 23.9 Å². The maximum absolute atomic E-state index is 10.4. The monoisotopic (exact) mass is 204 g/mol. The lowest BCUT2D eigenvalue weighted by molar-refractivity contribution is -0.145. The molecule has 5 nitrogen and oxygen atoms in total. The van der Waals surface area contributed by atoms with Crippen LogP contribution in [0.3, 0.4) is 0 Å². The van der Waals surface area contributed by atoms with Crippen LogP contribution in [0.4, 0.5) is 0 Å².